The molecule has 10 nitrogen and oxygen atoms in total. The number of carbonyl (C=O) groups is 2. The van der Waals surface area contributed by atoms with Crippen LogP contribution in [0.5, 0.6) is 5.75 Å². The lowest BCUT2D eigenvalue weighted by atomic mass is 9.95. The summed E-state index contributed by atoms with van der Waals surface area (Å²) in [4.78, 5) is 26.2. The zero-order chi connectivity index (χ0) is 29.0. The number of benzene rings is 1. The van der Waals surface area contributed by atoms with Crippen molar-refractivity contribution in [2.45, 2.75) is 76.1 Å². The van der Waals surface area contributed by atoms with E-state index in [9.17, 15) is 19.8 Å². The van der Waals surface area contributed by atoms with E-state index in [1.54, 1.807) is 26.1 Å². The number of nitrogens with one attached hydrogen (secondary N) is 1. The molecule has 2 aliphatic rings. The fourth-order valence-electron chi connectivity index (χ4n) is 4.44. The summed E-state index contributed by atoms with van der Waals surface area (Å²) in [6, 6.07) is 3.62. The number of hydrogen-bond donors (Lipinski definition) is 3. The highest BCUT2D eigenvalue weighted by Crippen LogP contribution is 2.38. The van der Waals surface area contributed by atoms with E-state index in [4.69, 9.17) is 30.5 Å². The molecular weight excluding hydrogens is 528 g/mol. The second-order valence-electron chi connectivity index (χ2n) is 10.3. The summed E-state index contributed by atoms with van der Waals surface area (Å²) in [5, 5.41) is 24.1. The smallest absolute Gasteiger partial charge is 0.409 e. The molecule has 1 aromatic carbocycles. The number of amides is 2. The molecule has 0 spiro atoms. The summed E-state index contributed by atoms with van der Waals surface area (Å²) < 4.78 is 21.3. The molecular formula is C28H39ClN2O8. The summed E-state index contributed by atoms with van der Waals surface area (Å²) in [6.45, 7) is 6.00. The first-order valence-electron chi connectivity index (χ1n) is 12.9. The first-order valence-corrected chi connectivity index (χ1v) is 13.3. The summed E-state index contributed by atoms with van der Waals surface area (Å²) in [5.41, 5.74) is 0.0242. The zero-order valence-electron chi connectivity index (χ0n) is 23.3. The Morgan fingerprint density at radius 1 is 1.38 bits per heavy atom. The lowest BCUT2D eigenvalue weighted by Gasteiger charge is -2.40. The van der Waals surface area contributed by atoms with Gasteiger partial charge in [-0.1, -0.05) is 42.3 Å². The number of aliphatic hydroxyl groups is 2. The van der Waals surface area contributed by atoms with Gasteiger partial charge in [-0.3, -0.25) is 10.1 Å². The van der Waals surface area contributed by atoms with Crippen molar-refractivity contribution in [1.29, 1.82) is 0 Å². The van der Waals surface area contributed by atoms with Gasteiger partial charge in [-0.05, 0) is 44.4 Å². The predicted octanol–water partition coefficient (Wildman–Crippen LogP) is 3.51. The highest BCUT2D eigenvalue weighted by Gasteiger charge is 2.47. The van der Waals surface area contributed by atoms with Crippen molar-refractivity contribution in [2.75, 3.05) is 32.8 Å². The molecule has 39 heavy (non-hydrogen) atoms. The van der Waals surface area contributed by atoms with Gasteiger partial charge in [-0.2, -0.15) is 0 Å². The molecule has 5 atom stereocenters. The average Bonchev–Trinajstić information content (AvgIpc) is 3.64. The minimum absolute atomic E-state index is 0.0990. The molecule has 2 aliphatic heterocycles. The second-order valence-corrected chi connectivity index (χ2v) is 10.7. The Bertz CT molecular complexity index is 1120. The number of alkyl carbamates (subject to hydrolysis) is 1. The third-order valence-electron chi connectivity index (χ3n) is 7.17. The molecule has 0 bridgehead atoms. The van der Waals surface area contributed by atoms with E-state index in [1.807, 2.05) is 32.1 Å². The molecule has 2 saturated heterocycles. The fraction of sp³-hybridized carbons (Fsp3) is 0.571. The van der Waals surface area contributed by atoms with Gasteiger partial charge in [0.25, 0.3) is 0 Å². The largest absolute Gasteiger partial charge is 0.495 e. The van der Waals surface area contributed by atoms with Gasteiger partial charge in [0.15, 0.2) is 5.72 Å². The number of methoxy groups -OCH3 is 2. The van der Waals surface area contributed by atoms with E-state index in [1.165, 1.54) is 19.1 Å². The molecule has 0 radical (unpaired) electrons. The number of anilines is 1. The zero-order valence-corrected chi connectivity index (χ0v) is 24.1. The van der Waals surface area contributed by atoms with Crippen molar-refractivity contribution in [1.82, 2.24) is 5.32 Å². The molecule has 0 saturated carbocycles. The first kappa shape index (κ1) is 30.9. The van der Waals surface area contributed by atoms with Crippen LogP contribution in [-0.4, -0.2) is 79.7 Å². The number of aliphatic hydroxyl groups excluding tert-OH is 1. The highest BCUT2D eigenvalue weighted by atomic mass is 35.5. The molecule has 2 fully saturated rings. The number of hydrogen-bond acceptors (Lipinski definition) is 8. The van der Waals surface area contributed by atoms with Crippen molar-refractivity contribution in [3.63, 3.8) is 0 Å². The minimum Gasteiger partial charge on any atom is -0.495 e. The van der Waals surface area contributed by atoms with Crippen LogP contribution in [0.3, 0.4) is 0 Å². The predicted molar refractivity (Wildman–Crippen MR) is 147 cm³/mol. The van der Waals surface area contributed by atoms with Crippen molar-refractivity contribution < 1.29 is 38.7 Å². The number of halogens is 1. The maximum Gasteiger partial charge on any atom is 0.409 e. The number of cyclic esters (lactones) is 1. The van der Waals surface area contributed by atoms with Crippen LogP contribution < -0.4 is 15.0 Å². The van der Waals surface area contributed by atoms with Crippen LogP contribution in [0, 0.1) is 0 Å². The Kier molecular flexibility index (Phi) is 10.1. The van der Waals surface area contributed by atoms with Crippen LogP contribution in [0.25, 0.3) is 0 Å². The summed E-state index contributed by atoms with van der Waals surface area (Å²) in [6.07, 6.45) is 3.72. The molecule has 0 unspecified atom stereocenters. The maximum absolute atomic E-state index is 12.9. The van der Waals surface area contributed by atoms with Gasteiger partial charge in [0, 0.05) is 20.6 Å². The number of epoxide rings is 1. The van der Waals surface area contributed by atoms with E-state index in [2.05, 4.69) is 5.32 Å². The third-order valence-corrected chi connectivity index (χ3v) is 7.55. The van der Waals surface area contributed by atoms with E-state index in [0.717, 1.165) is 11.1 Å². The number of rotatable bonds is 12. The lowest BCUT2D eigenvalue weighted by molar-refractivity contribution is -0.134. The summed E-state index contributed by atoms with van der Waals surface area (Å²) >= 11 is 6.54. The van der Waals surface area contributed by atoms with Crippen LogP contribution >= 0.6 is 11.6 Å². The van der Waals surface area contributed by atoms with E-state index < -0.39 is 35.7 Å². The Balaban J connectivity index is 1.74. The molecule has 1 aromatic rings. The van der Waals surface area contributed by atoms with E-state index in [-0.39, 0.29) is 18.7 Å². The Labute approximate surface area is 234 Å². The Hall–Kier alpha value is -2.63. The molecule has 2 heterocycles. The van der Waals surface area contributed by atoms with Gasteiger partial charge < -0.3 is 34.1 Å². The van der Waals surface area contributed by atoms with E-state index >= 15 is 0 Å². The minimum atomic E-state index is -1.59. The highest BCUT2D eigenvalue weighted by molar-refractivity contribution is 6.35. The maximum atomic E-state index is 12.9. The summed E-state index contributed by atoms with van der Waals surface area (Å²) in [5.74, 6) is 0.122. The number of nitrogens with zero attached hydrogens (tertiary/aromatic N) is 1. The fourth-order valence-corrected chi connectivity index (χ4v) is 4.75. The monoisotopic (exact) mass is 566 g/mol. The van der Waals surface area contributed by atoms with Crippen LogP contribution in [0.2, 0.25) is 5.02 Å². The van der Waals surface area contributed by atoms with E-state index in [0.29, 0.717) is 35.9 Å². The molecule has 3 rings (SSSR count). The lowest BCUT2D eigenvalue weighted by Crippen LogP contribution is -2.62. The molecule has 216 valence electrons. The van der Waals surface area contributed by atoms with Crippen molar-refractivity contribution in [3.8, 4) is 5.75 Å². The van der Waals surface area contributed by atoms with Crippen molar-refractivity contribution in [3.05, 3.63) is 46.5 Å². The van der Waals surface area contributed by atoms with Gasteiger partial charge in [-0.25, -0.2) is 4.79 Å². The van der Waals surface area contributed by atoms with Gasteiger partial charge in [-0.15, -0.1) is 0 Å². The topological polar surface area (TPSA) is 130 Å². The van der Waals surface area contributed by atoms with Crippen molar-refractivity contribution >= 4 is 29.3 Å². The summed E-state index contributed by atoms with van der Waals surface area (Å²) in [7, 11) is 4.57. The second kappa shape index (κ2) is 12.7. The first-order chi connectivity index (χ1) is 18.4. The van der Waals surface area contributed by atoms with Gasteiger partial charge in [0.05, 0.1) is 31.9 Å². The number of ether oxygens (including phenoxy) is 4. The third kappa shape index (κ3) is 7.52. The quantitative estimate of drug-likeness (QED) is 0.259. The van der Waals surface area contributed by atoms with Crippen LogP contribution in [0.4, 0.5) is 10.5 Å². The number of allylic oxidation sites excluding steroid dienone is 3. The van der Waals surface area contributed by atoms with Crippen molar-refractivity contribution in [2.24, 2.45) is 0 Å². The average molecular weight is 567 g/mol. The molecule has 3 N–H and O–H groups in total. The Morgan fingerprint density at radius 3 is 2.67 bits per heavy atom. The molecule has 11 heteroatoms. The molecule has 0 aromatic heterocycles. The van der Waals surface area contributed by atoms with Gasteiger partial charge in [0.1, 0.15) is 28.6 Å². The molecule has 2 amide bonds. The Morgan fingerprint density at radius 2 is 2.08 bits per heavy atom. The van der Waals surface area contributed by atoms with Gasteiger partial charge in [0.2, 0.25) is 5.91 Å². The number of carbonyl (C=O) groups excluding carboxylic acids is 2. The standard InChI is InChI=1S/C28H39ClN2O8/c1-7-19-15-28(35,30-26(34)39-19)23(37-6)10-8-9-17(2)11-18-12-20(25(29)21(13-18)36-5)31(4)24(33)14-22(32)27(3)16-38-27/h8-10,12-13,19,22-23,32,35H,7,11,14-16H2,1-6H3,(H,30,34)/b10-8+,17-9+/t19-,22+,23-,27-,28+/m1/s1. The molecule has 0 aliphatic carbocycles. The van der Waals surface area contributed by atoms with Gasteiger partial charge >= 0.3 is 6.09 Å². The normalized spacial score (nSPS) is 26.5. The van der Waals surface area contributed by atoms with Crippen LogP contribution in [-0.2, 0) is 25.4 Å². The van der Waals surface area contributed by atoms with Crippen LogP contribution in [0.1, 0.15) is 45.6 Å². The van der Waals surface area contributed by atoms with Crippen LogP contribution in [0.15, 0.2) is 35.9 Å². The SMILES string of the molecule is CC[C@@H]1C[C@](O)([C@@H](/C=C/C=C(\C)Cc2cc(OC)c(Cl)c(N(C)C(=O)C[C@H](O)[C@@]3(C)CO3)c2)OC)NC(=O)O1.